The quantitative estimate of drug-likeness (QED) is 0.445. The van der Waals surface area contributed by atoms with E-state index in [9.17, 15) is 18.6 Å². The van der Waals surface area contributed by atoms with Crippen molar-refractivity contribution in [2.24, 2.45) is 10.4 Å². The second-order valence-electron chi connectivity index (χ2n) is 7.41. The van der Waals surface area contributed by atoms with Gasteiger partial charge in [0.15, 0.2) is 0 Å². The molecular weight excluding hydrogens is 384 g/mol. The summed E-state index contributed by atoms with van der Waals surface area (Å²) in [4.78, 5) is 4.46. The van der Waals surface area contributed by atoms with Gasteiger partial charge in [0.25, 0.3) is 0 Å². The number of nitrogens with one attached hydrogen (secondary N) is 2. The number of nitrogens with two attached hydrogens (primary N) is 1. The van der Waals surface area contributed by atoms with Crippen LogP contribution in [0.1, 0.15) is 19.9 Å². The summed E-state index contributed by atoms with van der Waals surface area (Å²) in [5.41, 5.74) is 5.85. The molecule has 154 valence electrons. The number of nitrogen functional groups attached to an aromatic ring is 1. The van der Waals surface area contributed by atoms with E-state index in [1.807, 2.05) is 13.8 Å². The summed E-state index contributed by atoms with van der Waals surface area (Å²) in [6.07, 6.45) is 5.42. The maximum absolute atomic E-state index is 11.9. The third kappa shape index (κ3) is 3.83. The van der Waals surface area contributed by atoms with E-state index in [2.05, 4.69) is 20.1 Å². The molecule has 0 aromatic carbocycles. The number of allylic oxidation sites excluding steroid dienone is 1. The van der Waals surface area contributed by atoms with E-state index in [1.54, 1.807) is 16.8 Å². The van der Waals surface area contributed by atoms with Crippen LogP contribution in [-0.2, 0) is 10.0 Å². The first-order valence-corrected chi connectivity index (χ1v) is 10.8. The number of aromatic nitrogens is 2. The van der Waals surface area contributed by atoms with Crippen LogP contribution in [0, 0.1) is 5.41 Å². The Hall–Kier alpha value is -2.21. The van der Waals surface area contributed by atoms with Gasteiger partial charge in [0.2, 0.25) is 10.0 Å². The van der Waals surface area contributed by atoms with Gasteiger partial charge in [-0.25, -0.2) is 18.1 Å². The SMILES string of the molecule is CC(C)n1ncc(N=C2C=CC3(C=C2NS(C)(=O)=O)C(O)CNCC3O)c1N. The number of hydrogen-bond acceptors (Lipinski definition) is 8. The highest BCUT2D eigenvalue weighted by atomic mass is 32.2. The Balaban J connectivity index is 2.07. The van der Waals surface area contributed by atoms with E-state index in [4.69, 9.17) is 5.73 Å². The Kier molecular flexibility index (Phi) is 5.36. The zero-order valence-corrected chi connectivity index (χ0v) is 16.8. The van der Waals surface area contributed by atoms with E-state index in [1.165, 1.54) is 12.3 Å². The van der Waals surface area contributed by atoms with Crippen molar-refractivity contribution in [1.82, 2.24) is 19.8 Å². The van der Waals surface area contributed by atoms with Crippen molar-refractivity contribution in [1.29, 1.82) is 0 Å². The van der Waals surface area contributed by atoms with Gasteiger partial charge in [0.1, 0.15) is 11.5 Å². The highest BCUT2D eigenvalue weighted by Crippen LogP contribution is 2.37. The number of aliphatic imine (C=N–C) groups is 1. The fraction of sp³-hybridized carbons (Fsp3) is 0.529. The van der Waals surface area contributed by atoms with Crippen molar-refractivity contribution in [2.75, 3.05) is 25.1 Å². The van der Waals surface area contributed by atoms with Gasteiger partial charge >= 0.3 is 0 Å². The topological polar surface area (TPSA) is 155 Å². The molecule has 0 bridgehead atoms. The molecule has 1 saturated heterocycles. The second-order valence-corrected chi connectivity index (χ2v) is 9.15. The second kappa shape index (κ2) is 7.32. The number of sulfonamides is 1. The number of β-amino-alcohol motifs (C(OH)–C–C–N with tert-alkyl or cyclic N) is 2. The van der Waals surface area contributed by atoms with Gasteiger partial charge in [-0.3, -0.25) is 4.72 Å². The molecular formula is C17H26N6O4S. The highest BCUT2D eigenvalue weighted by Gasteiger charge is 2.45. The van der Waals surface area contributed by atoms with Crippen LogP contribution in [-0.4, -0.2) is 65.7 Å². The van der Waals surface area contributed by atoms with E-state index in [0.29, 0.717) is 17.2 Å². The summed E-state index contributed by atoms with van der Waals surface area (Å²) in [6.45, 7) is 4.40. The number of nitrogens with zero attached hydrogens (tertiary/aromatic N) is 3. The summed E-state index contributed by atoms with van der Waals surface area (Å²) in [5.74, 6) is 0.358. The molecule has 1 spiro atoms. The number of piperidine rings is 1. The summed E-state index contributed by atoms with van der Waals surface area (Å²) >= 11 is 0. The number of hydrogen-bond donors (Lipinski definition) is 5. The standard InChI is InChI=1S/C17H26N6O4S/c1-10(2)23-16(18)13(7-20-23)21-11-4-5-17(6-12(11)22-28(3,26)27)14(24)8-19-9-15(17)25/h4-7,10,14-15,19,22,24-25H,8-9,18H2,1-3H3. The molecule has 1 aliphatic carbocycles. The molecule has 0 amide bonds. The summed E-state index contributed by atoms with van der Waals surface area (Å²) in [7, 11) is -3.62. The van der Waals surface area contributed by atoms with Crippen molar-refractivity contribution in [3.63, 3.8) is 0 Å². The summed E-state index contributed by atoms with van der Waals surface area (Å²) in [5, 5.41) is 28.1. The lowest BCUT2D eigenvalue weighted by molar-refractivity contribution is -0.0326. The number of aliphatic hydroxyl groups excluding tert-OH is 2. The molecule has 1 fully saturated rings. The molecule has 2 unspecified atom stereocenters. The first-order chi connectivity index (χ1) is 13.0. The van der Waals surface area contributed by atoms with Crippen molar-refractivity contribution < 1.29 is 18.6 Å². The van der Waals surface area contributed by atoms with Crippen LogP contribution in [0.5, 0.6) is 0 Å². The molecule has 6 N–H and O–H groups in total. The molecule has 2 atom stereocenters. The molecule has 2 aliphatic rings. The molecule has 10 nitrogen and oxygen atoms in total. The van der Waals surface area contributed by atoms with Crippen LogP contribution < -0.4 is 15.8 Å². The van der Waals surface area contributed by atoms with Crippen LogP contribution in [0.3, 0.4) is 0 Å². The molecule has 2 heterocycles. The van der Waals surface area contributed by atoms with E-state index >= 15 is 0 Å². The van der Waals surface area contributed by atoms with Crippen LogP contribution in [0.4, 0.5) is 11.5 Å². The normalized spacial score (nSPS) is 29.5. The van der Waals surface area contributed by atoms with Crippen LogP contribution in [0.2, 0.25) is 0 Å². The van der Waals surface area contributed by atoms with E-state index in [-0.39, 0.29) is 24.8 Å². The molecule has 0 saturated carbocycles. The fourth-order valence-electron chi connectivity index (χ4n) is 3.40. The zero-order chi connectivity index (χ0) is 20.7. The lowest BCUT2D eigenvalue weighted by Gasteiger charge is -2.43. The molecule has 28 heavy (non-hydrogen) atoms. The first kappa shape index (κ1) is 20.5. The minimum Gasteiger partial charge on any atom is -0.390 e. The maximum atomic E-state index is 11.9. The Morgan fingerprint density at radius 1 is 1.39 bits per heavy atom. The minimum absolute atomic E-state index is 0.0447. The Bertz CT molecular complexity index is 937. The molecule has 1 aliphatic heterocycles. The Morgan fingerprint density at radius 2 is 2.04 bits per heavy atom. The van der Waals surface area contributed by atoms with Gasteiger partial charge < -0.3 is 21.3 Å². The van der Waals surface area contributed by atoms with Gasteiger partial charge in [-0.2, -0.15) is 5.10 Å². The lowest BCUT2D eigenvalue weighted by Crippen LogP contribution is -2.57. The average Bonchev–Trinajstić information content (AvgIpc) is 2.94. The molecule has 0 radical (unpaired) electrons. The van der Waals surface area contributed by atoms with Gasteiger partial charge in [-0.05, 0) is 26.0 Å². The first-order valence-electron chi connectivity index (χ1n) is 8.92. The van der Waals surface area contributed by atoms with Crippen molar-refractivity contribution in [2.45, 2.75) is 32.1 Å². The third-order valence-corrected chi connectivity index (χ3v) is 5.46. The highest BCUT2D eigenvalue weighted by molar-refractivity contribution is 7.88. The number of rotatable bonds is 4. The van der Waals surface area contributed by atoms with Gasteiger partial charge in [0.05, 0.1) is 41.5 Å². The van der Waals surface area contributed by atoms with Crippen LogP contribution in [0.25, 0.3) is 0 Å². The summed E-state index contributed by atoms with van der Waals surface area (Å²) in [6, 6.07) is 0.0447. The predicted octanol–water partition coefficient (Wildman–Crippen LogP) is -0.567. The van der Waals surface area contributed by atoms with Crippen LogP contribution in [0.15, 0.2) is 35.1 Å². The summed E-state index contributed by atoms with van der Waals surface area (Å²) < 4.78 is 27.8. The zero-order valence-electron chi connectivity index (χ0n) is 16.0. The molecule has 1 aromatic heterocycles. The monoisotopic (exact) mass is 410 g/mol. The largest absolute Gasteiger partial charge is 0.390 e. The van der Waals surface area contributed by atoms with Gasteiger partial charge in [-0.15, -0.1) is 0 Å². The van der Waals surface area contributed by atoms with Crippen molar-refractivity contribution in [3.05, 3.63) is 30.1 Å². The number of anilines is 1. The van der Waals surface area contributed by atoms with E-state index in [0.717, 1.165) is 6.26 Å². The van der Waals surface area contributed by atoms with E-state index < -0.39 is 27.6 Å². The van der Waals surface area contributed by atoms with Crippen molar-refractivity contribution in [3.8, 4) is 0 Å². The molecule has 11 heteroatoms. The third-order valence-electron chi connectivity index (χ3n) is 4.87. The van der Waals surface area contributed by atoms with Gasteiger partial charge in [-0.1, -0.05) is 6.08 Å². The molecule has 3 rings (SSSR count). The lowest BCUT2D eigenvalue weighted by atomic mass is 9.71. The minimum atomic E-state index is -3.62. The predicted molar refractivity (Wildman–Crippen MR) is 107 cm³/mol. The molecule has 1 aromatic rings. The average molecular weight is 411 g/mol. The Labute approximate surface area is 163 Å². The smallest absolute Gasteiger partial charge is 0.229 e. The maximum Gasteiger partial charge on any atom is 0.229 e. The van der Waals surface area contributed by atoms with Crippen LogP contribution >= 0.6 is 0 Å². The Morgan fingerprint density at radius 3 is 2.57 bits per heavy atom. The van der Waals surface area contributed by atoms with Crippen molar-refractivity contribution >= 4 is 27.2 Å². The van der Waals surface area contributed by atoms with Gasteiger partial charge in [0, 0.05) is 19.1 Å². The fourth-order valence-corrected chi connectivity index (χ4v) is 3.96. The number of aliphatic hydroxyl groups is 2.